The number of anilines is 1. The Bertz CT molecular complexity index is 1050. The van der Waals surface area contributed by atoms with Gasteiger partial charge in [-0.3, -0.25) is 14.9 Å². The smallest absolute Gasteiger partial charge is 0.272 e. The Balaban J connectivity index is 1.85. The maximum Gasteiger partial charge on any atom is 0.272 e. The number of fused-ring (bicyclic) bond motifs is 1. The van der Waals surface area contributed by atoms with Gasteiger partial charge in [-0.05, 0) is 6.07 Å². The van der Waals surface area contributed by atoms with Crippen LogP contribution in [0.3, 0.4) is 0 Å². The van der Waals surface area contributed by atoms with Gasteiger partial charge in [0.1, 0.15) is 12.1 Å². The van der Waals surface area contributed by atoms with Crippen LogP contribution >= 0.6 is 0 Å². The SMILES string of the molecule is N#Cc1nc(NC(=O)Cc2n[nH]c(=O)c3ccccc23)[nH]c1C#N. The lowest BCUT2D eigenvalue weighted by atomic mass is 10.1. The molecule has 0 bridgehead atoms. The first kappa shape index (κ1) is 14.9. The summed E-state index contributed by atoms with van der Waals surface area (Å²) in [5.41, 5.74) is -0.0609. The zero-order chi connectivity index (χ0) is 17.1. The summed E-state index contributed by atoms with van der Waals surface area (Å²) in [6.45, 7) is 0. The summed E-state index contributed by atoms with van der Waals surface area (Å²) < 4.78 is 0. The number of H-pyrrole nitrogens is 2. The van der Waals surface area contributed by atoms with E-state index >= 15 is 0 Å². The predicted octanol–water partition coefficient (Wildman–Crippen LogP) is 0.571. The Morgan fingerprint density at radius 1 is 1.21 bits per heavy atom. The molecule has 116 valence electrons. The molecule has 0 spiro atoms. The molecule has 0 fully saturated rings. The minimum Gasteiger partial charge on any atom is -0.314 e. The highest BCUT2D eigenvalue weighted by molar-refractivity contribution is 5.94. The van der Waals surface area contributed by atoms with Gasteiger partial charge in [-0.15, -0.1) is 0 Å². The van der Waals surface area contributed by atoms with E-state index in [0.717, 1.165) is 0 Å². The molecule has 0 radical (unpaired) electrons. The summed E-state index contributed by atoms with van der Waals surface area (Å²) >= 11 is 0. The number of benzene rings is 1. The molecule has 0 atom stereocenters. The Hall–Kier alpha value is -3.98. The molecule has 3 N–H and O–H groups in total. The van der Waals surface area contributed by atoms with Crippen LogP contribution in [0.2, 0.25) is 0 Å². The molecule has 3 rings (SSSR count). The van der Waals surface area contributed by atoms with Crippen molar-refractivity contribution in [3.63, 3.8) is 0 Å². The van der Waals surface area contributed by atoms with Crippen molar-refractivity contribution in [2.75, 3.05) is 5.32 Å². The quantitative estimate of drug-likeness (QED) is 0.642. The van der Waals surface area contributed by atoms with Crippen LogP contribution in [0, 0.1) is 22.7 Å². The molecular weight excluding hydrogens is 310 g/mol. The van der Waals surface area contributed by atoms with Crippen LogP contribution < -0.4 is 10.9 Å². The van der Waals surface area contributed by atoms with E-state index in [1.165, 1.54) is 0 Å². The van der Waals surface area contributed by atoms with E-state index in [1.807, 2.05) is 0 Å². The molecule has 1 amide bonds. The number of aromatic nitrogens is 4. The summed E-state index contributed by atoms with van der Waals surface area (Å²) in [5.74, 6) is -0.454. The van der Waals surface area contributed by atoms with Gasteiger partial charge in [0.25, 0.3) is 5.56 Å². The van der Waals surface area contributed by atoms with E-state index in [-0.39, 0.29) is 29.3 Å². The van der Waals surface area contributed by atoms with Crippen LogP contribution in [0.4, 0.5) is 5.95 Å². The molecule has 9 heteroatoms. The number of aromatic amines is 2. The van der Waals surface area contributed by atoms with Crippen molar-refractivity contribution in [1.82, 2.24) is 20.2 Å². The van der Waals surface area contributed by atoms with Crippen molar-refractivity contribution in [2.24, 2.45) is 0 Å². The first-order valence-corrected chi connectivity index (χ1v) is 6.78. The second-order valence-electron chi connectivity index (χ2n) is 4.80. The summed E-state index contributed by atoms with van der Waals surface area (Å²) in [4.78, 5) is 30.2. The third-order valence-electron chi connectivity index (χ3n) is 3.28. The fourth-order valence-corrected chi connectivity index (χ4v) is 2.23. The fraction of sp³-hybridized carbons (Fsp3) is 0.0667. The monoisotopic (exact) mass is 319 g/mol. The molecule has 0 aliphatic rings. The van der Waals surface area contributed by atoms with Gasteiger partial charge in [-0.2, -0.15) is 15.6 Å². The van der Waals surface area contributed by atoms with Crippen molar-refractivity contribution in [2.45, 2.75) is 6.42 Å². The number of nitrogens with one attached hydrogen (secondary N) is 3. The van der Waals surface area contributed by atoms with Crippen molar-refractivity contribution >= 4 is 22.6 Å². The van der Waals surface area contributed by atoms with Crippen LogP contribution in [-0.4, -0.2) is 26.1 Å². The number of hydrogen-bond acceptors (Lipinski definition) is 6. The first-order valence-electron chi connectivity index (χ1n) is 6.78. The third kappa shape index (κ3) is 2.69. The maximum atomic E-state index is 12.1. The number of rotatable bonds is 3. The zero-order valence-corrected chi connectivity index (χ0v) is 12.1. The van der Waals surface area contributed by atoms with Crippen molar-refractivity contribution < 1.29 is 4.79 Å². The first-order chi connectivity index (χ1) is 11.6. The maximum absolute atomic E-state index is 12.1. The second-order valence-corrected chi connectivity index (χ2v) is 4.80. The Morgan fingerprint density at radius 2 is 1.96 bits per heavy atom. The lowest BCUT2D eigenvalue weighted by molar-refractivity contribution is -0.115. The van der Waals surface area contributed by atoms with Crippen LogP contribution in [0.1, 0.15) is 17.1 Å². The average Bonchev–Trinajstić information content (AvgIpc) is 2.99. The highest BCUT2D eigenvalue weighted by Crippen LogP contribution is 2.14. The molecule has 2 heterocycles. The van der Waals surface area contributed by atoms with Crippen LogP contribution in [0.5, 0.6) is 0 Å². The standard InChI is InChI=1S/C15H9N7O2/c16-6-11-12(7-17)19-15(18-11)20-13(23)5-10-8-3-1-2-4-9(8)14(24)22-21-10/h1-4H,5H2,(H,22,24)(H2,18,19,20,23). The number of hydrogen-bond donors (Lipinski definition) is 3. The van der Waals surface area contributed by atoms with Crippen molar-refractivity contribution in [3.8, 4) is 12.1 Å². The van der Waals surface area contributed by atoms with Gasteiger partial charge in [-0.25, -0.2) is 10.1 Å². The molecule has 1 aromatic carbocycles. The molecule has 0 aliphatic heterocycles. The van der Waals surface area contributed by atoms with Gasteiger partial charge in [0.05, 0.1) is 17.5 Å². The third-order valence-corrected chi connectivity index (χ3v) is 3.28. The minimum atomic E-state index is -0.456. The molecule has 9 nitrogen and oxygen atoms in total. The number of amides is 1. The number of carbonyl (C=O) groups is 1. The number of nitrogens with zero attached hydrogens (tertiary/aromatic N) is 4. The highest BCUT2D eigenvalue weighted by atomic mass is 16.1. The molecule has 0 unspecified atom stereocenters. The molecule has 3 aromatic rings. The van der Waals surface area contributed by atoms with E-state index < -0.39 is 5.91 Å². The van der Waals surface area contributed by atoms with E-state index in [0.29, 0.717) is 16.5 Å². The summed E-state index contributed by atoms with van der Waals surface area (Å²) in [5, 5.41) is 27.4. The number of imidazole rings is 1. The van der Waals surface area contributed by atoms with Gasteiger partial charge in [0.2, 0.25) is 11.9 Å². The van der Waals surface area contributed by atoms with Crippen molar-refractivity contribution in [1.29, 1.82) is 10.5 Å². The molecule has 0 saturated carbocycles. The number of carbonyl (C=O) groups excluding carboxylic acids is 1. The Morgan fingerprint density at radius 3 is 2.62 bits per heavy atom. The zero-order valence-electron chi connectivity index (χ0n) is 12.1. The topological polar surface area (TPSA) is 151 Å². The Labute approximate surface area is 134 Å². The molecule has 2 aromatic heterocycles. The molecule has 0 aliphatic carbocycles. The molecular formula is C15H9N7O2. The van der Waals surface area contributed by atoms with Gasteiger partial charge < -0.3 is 4.98 Å². The van der Waals surface area contributed by atoms with E-state index in [9.17, 15) is 9.59 Å². The normalized spacial score (nSPS) is 10.1. The lowest BCUT2D eigenvalue weighted by Crippen LogP contribution is -2.19. The van der Waals surface area contributed by atoms with Crippen LogP contribution in [0.25, 0.3) is 10.8 Å². The highest BCUT2D eigenvalue weighted by Gasteiger charge is 2.14. The van der Waals surface area contributed by atoms with Gasteiger partial charge in [0, 0.05) is 5.39 Å². The Kier molecular flexibility index (Phi) is 3.75. The number of nitriles is 2. The molecule has 0 saturated heterocycles. The van der Waals surface area contributed by atoms with E-state index in [1.54, 1.807) is 36.4 Å². The largest absolute Gasteiger partial charge is 0.314 e. The van der Waals surface area contributed by atoms with E-state index in [2.05, 4.69) is 25.5 Å². The van der Waals surface area contributed by atoms with Crippen molar-refractivity contribution in [3.05, 3.63) is 51.7 Å². The van der Waals surface area contributed by atoms with Gasteiger partial charge in [-0.1, -0.05) is 18.2 Å². The summed E-state index contributed by atoms with van der Waals surface area (Å²) in [6.07, 6.45) is -0.109. The predicted molar refractivity (Wildman–Crippen MR) is 82.7 cm³/mol. The summed E-state index contributed by atoms with van der Waals surface area (Å²) in [7, 11) is 0. The van der Waals surface area contributed by atoms with Crippen LogP contribution in [-0.2, 0) is 11.2 Å². The minimum absolute atomic E-state index is 0.00169. The van der Waals surface area contributed by atoms with Crippen LogP contribution in [0.15, 0.2) is 29.1 Å². The second kappa shape index (κ2) is 6.02. The van der Waals surface area contributed by atoms with Gasteiger partial charge in [0.15, 0.2) is 11.4 Å². The fourth-order valence-electron chi connectivity index (χ4n) is 2.23. The lowest BCUT2D eigenvalue weighted by Gasteiger charge is -2.04. The molecule has 24 heavy (non-hydrogen) atoms. The summed E-state index contributed by atoms with van der Waals surface area (Å²) in [6, 6.07) is 10.3. The van der Waals surface area contributed by atoms with Gasteiger partial charge >= 0.3 is 0 Å². The average molecular weight is 319 g/mol. The van der Waals surface area contributed by atoms with E-state index in [4.69, 9.17) is 10.5 Å².